The molecule has 1 aliphatic carbocycles. The van der Waals surface area contributed by atoms with E-state index in [1.165, 1.54) is 12.8 Å². The third kappa shape index (κ3) is 2.40. The lowest BCUT2D eigenvalue weighted by Crippen LogP contribution is -2.19. The molecule has 2 nitrogen and oxygen atoms in total. The molecule has 2 heteroatoms. The molecule has 2 atom stereocenters. The number of pyridine rings is 1. The summed E-state index contributed by atoms with van der Waals surface area (Å²) in [6.45, 7) is 2.21. The summed E-state index contributed by atoms with van der Waals surface area (Å²) < 4.78 is 0. The lowest BCUT2D eigenvalue weighted by atomic mass is 9.89. The van der Waals surface area contributed by atoms with E-state index in [1.807, 2.05) is 30.5 Å². The molecule has 1 aromatic carbocycles. The number of hydrogen-bond acceptors (Lipinski definition) is 2. The summed E-state index contributed by atoms with van der Waals surface area (Å²) in [7, 11) is 0. The second-order valence-corrected chi connectivity index (χ2v) is 5.64. The molecular weight excluding hydrogens is 234 g/mol. The third-order valence-electron chi connectivity index (χ3n) is 4.38. The Morgan fingerprint density at radius 3 is 2.89 bits per heavy atom. The summed E-state index contributed by atoms with van der Waals surface area (Å²) in [4.78, 5) is 16.8. The van der Waals surface area contributed by atoms with Gasteiger partial charge in [-0.15, -0.1) is 0 Å². The largest absolute Gasteiger partial charge is 0.299 e. The summed E-state index contributed by atoms with van der Waals surface area (Å²) in [6.07, 6.45) is 5.84. The molecule has 0 N–H and O–H groups in total. The normalized spacial score (nSPS) is 22.8. The molecular formula is C17H19NO. The molecule has 98 valence electrons. The molecule has 3 rings (SSSR count). The highest BCUT2D eigenvalue weighted by atomic mass is 16.1. The topological polar surface area (TPSA) is 30.0 Å². The fourth-order valence-corrected chi connectivity index (χ4v) is 3.25. The Bertz CT molecular complexity index is 600. The first-order chi connectivity index (χ1) is 9.25. The van der Waals surface area contributed by atoms with Crippen molar-refractivity contribution in [2.45, 2.75) is 32.6 Å². The molecule has 0 radical (unpaired) electrons. The van der Waals surface area contributed by atoms with Gasteiger partial charge in [-0.3, -0.25) is 9.78 Å². The lowest BCUT2D eigenvalue weighted by molar-refractivity contribution is -0.123. The van der Waals surface area contributed by atoms with Gasteiger partial charge in [0.1, 0.15) is 5.78 Å². The van der Waals surface area contributed by atoms with Gasteiger partial charge in [0, 0.05) is 23.9 Å². The predicted octanol–water partition coefficient (Wildman–Crippen LogP) is 3.78. The van der Waals surface area contributed by atoms with E-state index in [2.05, 4.69) is 18.0 Å². The van der Waals surface area contributed by atoms with Crippen LogP contribution in [-0.4, -0.2) is 10.8 Å². The molecule has 2 unspecified atom stereocenters. The fourth-order valence-electron chi connectivity index (χ4n) is 3.25. The molecule has 1 fully saturated rings. The number of ketones is 1. The number of carbonyl (C=O) groups is 1. The number of fused-ring (bicyclic) bond motifs is 1. The molecule has 1 aromatic heterocycles. The Kier molecular flexibility index (Phi) is 3.33. The number of nitrogens with zero attached hydrogens (tertiary/aromatic N) is 1. The van der Waals surface area contributed by atoms with E-state index in [0.717, 1.165) is 22.9 Å². The Hall–Kier alpha value is -1.70. The molecule has 0 spiro atoms. The number of rotatable bonds is 3. The molecule has 2 aromatic rings. The molecule has 0 aliphatic heterocycles. The van der Waals surface area contributed by atoms with E-state index in [-0.39, 0.29) is 5.92 Å². The molecule has 0 amide bonds. The zero-order chi connectivity index (χ0) is 13.2. The fraction of sp³-hybridized carbons (Fsp3) is 0.412. The van der Waals surface area contributed by atoms with Crippen molar-refractivity contribution in [3.8, 4) is 0 Å². The van der Waals surface area contributed by atoms with Crippen molar-refractivity contribution in [3.63, 3.8) is 0 Å². The van der Waals surface area contributed by atoms with E-state index in [4.69, 9.17) is 0 Å². The van der Waals surface area contributed by atoms with Gasteiger partial charge >= 0.3 is 0 Å². The number of hydrogen-bond donors (Lipinski definition) is 0. The molecule has 1 saturated carbocycles. The highest BCUT2D eigenvalue weighted by Gasteiger charge is 2.29. The van der Waals surface area contributed by atoms with Crippen LogP contribution in [0.25, 0.3) is 10.9 Å². The molecule has 1 aliphatic rings. The summed E-state index contributed by atoms with van der Waals surface area (Å²) in [5, 5.41) is 1.11. The van der Waals surface area contributed by atoms with Crippen molar-refractivity contribution >= 4 is 16.7 Å². The standard InChI is InChI=1S/C17H19NO/c1-12-5-4-7-14(12)17(19)11-13-9-10-18-16-8-3-2-6-15(13)16/h2-3,6,8-10,12,14H,4-5,7,11H2,1H3. The van der Waals surface area contributed by atoms with Crippen LogP contribution in [0.3, 0.4) is 0 Å². The number of para-hydroxylation sites is 1. The second kappa shape index (κ2) is 5.12. The van der Waals surface area contributed by atoms with Gasteiger partial charge in [0.2, 0.25) is 0 Å². The summed E-state index contributed by atoms with van der Waals surface area (Å²) >= 11 is 0. The van der Waals surface area contributed by atoms with Crippen molar-refractivity contribution in [1.29, 1.82) is 0 Å². The Morgan fingerprint density at radius 2 is 2.11 bits per heavy atom. The van der Waals surface area contributed by atoms with E-state index in [0.29, 0.717) is 18.1 Å². The Labute approximate surface area is 113 Å². The lowest BCUT2D eigenvalue weighted by Gasteiger charge is -2.14. The van der Waals surface area contributed by atoms with E-state index < -0.39 is 0 Å². The van der Waals surface area contributed by atoms with Gasteiger partial charge in [0.15, 0.2) is 0 Å². The van der Waals surface area contributed by atoms with Gasteiger partial charge < -0.3 is 0 Å². The number of Topliss-reactive ketones (excluding diaryl/α,β-unsaturated/α-hetero) is 1. The van der Waals surface area contributed by atoms with Crippen molar-refractivity contribution in [2.75, 3.05) is 0 Å². The second-order valence-electron chi connectivity index (χ2n) is 5.64. The van der Waals surface area contributed by atoms with Gasteiger partial charge in [0.05, 0.1) is 5.52 Å². The first-order valence-electron chi connectivity index (χ1n) is 7.11. The van der Waals surface area contributed by atoms with E-state index in [1.54, 1.807) is 0 Å². The summed E-state index contributed by atoms with van der Waals surface area (Å²) in [6, 6.07) is 10.0. The van der Waals surface area contributed by atoms with Gasteiger partial charge in [-0.25, -0.2) is 0 Å². The van der Waals surface area contributed by atoms with Crippen LogP contribution in [0, 0.1) is 11.8 Å². The maximum Gasteiger partial charge on any atom is 0.140 e. The average Bonchev–Trinajstić information content (AvgIpc) is 2.85. The van der Waals surface area contributed by atoms with Gasteiger partial charge in [0.25, 0.3) is 0 Å². The monoisotopic (exact) mass is 253 g/mol. The molecule has 19 heavy (non-hydrogen) atoms. The maximum absolute atomic E-state index is 12.4. The van der Waals surface area contributed by atoms with Gasteiger partial charge in [-0.1, -0.05) is 31.5 Å². The smallest absolute Gasteiger partial charge is 0.140 e. The van der Waals surface area contributed by atoms with Crippen molar-refractivity contribution in [2.24, 2.45) is 11.8 Å². The van der Waals surface area contributed by atoms with Crippen molar-refractivity contribution in [3.05, 3.63) is 42.1 Å². The highest BCUT2D eigenvalue weighted by Crippen LogP contribution is 2.33. The maximum atomic E-state index is 12.4. The number of carbonyl (C=O) groups excluding carboxylic acids is 1. The van der Waals surface area contributed by atoms with Crippen LogP contribution < -0.4 is 0 Å². The third-order valence-corrected chi connectivity index (χ3v) is 4.38. The van der Waals surface area contributed by atoms with Crippen LogP contribution in [0.4, 0.5) is 0 Å². The molecule has 1 heterocycles. The SMILES string of the molecule is CC1CCCC1C(=O)Cc1ccnc2ccccc12. The first kappa shape index (κ1) is 12.3. The van der Waals surface area contributed by atoms with Crippen LogP contribution in [0.2, 0.25) is 0 Å². The van der Waals surface area contributed by atoms with Crippen LogP contribution in [0.1, 0.15) is 31.7 Å². The average molecular weight is 253 g/mol. The Morgan fingerprint density at radius 1 is 1.26 bits per heavy atom. The van der Waals surface area contributed by atoms with Crippen LogP contribution in [0.15, 0.2) is 36.5 Å². The van der Waals surface area contributed by atoms with E-state index in [9.17, 15) is 4.79 Å². The quantitative estimate of drug-likeness (QED) is 0.833. The zero-order valence-electron chi connectivity index (χ0n) is 11.3. The van der Waals surface area contributed by atoms with Crippen LogP contribution in [0.5, 0.6) is 0 Å². The van der Waals surface area contributed by atoms with Gasteiger partial charge in [-0.2, -0.15) is 0 Å². The van der Waals surface area contributed by atoms with Gasteiger partial charge in [-0.05, 0) is 36.5 Å². The number of benzene rings is 1. The Balaban J connectivity index is 1.87. The summed E-state index contributed by atoms with van der Waals surface area (Å²) in [5.41, 5.74) is 2.10. The van der Waals surface area contributed by atoms with Crippen LogP contribution >= 0.6 is 0 Å². The molecule has 0 saturated heterocycles. The first-order valence-corrected chi connectivity index (χ1v) is 7.11. The minimum Gasteiger partial charge on any atom is -0.299 e. The minimum atomic E-state index is 0.270. The predicted molar refractivity (Wildman–Crippen MR) is 77.0 cm³/mol. The van der Waals surface area contributed by atoms with Crippen molar-refractivity contribution in [1.82, 2.24) is 4.98 Å². The summed E-state index contributed by atoms with van der Waals surface area (Å²) in [5.74, 6) is 1.23. The molecule has 0 bridgehead atoms. The zero-order valence-corrected chi connectivity index (χ0v) is 11.3. The highest BCUT2D eigenvalue weighted by molar-refractivity contribution is 5.90. The van der Waals surface area contributed by atoms with E-state index >= 15 is 0 Å². The minimum absolute atomic E-state index is 0.270. The van der Waals surface area contributed by atoms with Crippen molar-refractivity contribution < 1.29 is 4.79 Å². The van der Waals surface area contributed by atoms with Crippen LogP contribution in [-0.2, 0) is 11.2 Å². The number of aromatic nitrogens is 1.